The van der Waals surface area contributed by atoms with Gasteiger partial charge in [-0.1, -0.05) is 0 Å². The van der Waals surface area contributed by atoms with Gasteiger partial charge in [0.15, 0.2) is 11.5 Å². The van der Waals surface area contributed by atoms with Crippen molar-refractivity contribution < 1.29 is 19.3 Å². The first kappa shape index (κ1) is 8.85. The van der Waals surface area contributed by atoms with Gasteiger partial charge in [-0.3, -0.25) is 0 Å². The molecule has 1 N–H and O–H groups in total. The highest BCUT2D eigenvalue weighted by Gasteiger charge is 2.43. The zero-order valence-electron chi connectivity index (χ0n) is 8.45. The van der Waals surface area contributed by atoms with Crippen molar-refractivity contribution in [1.82, 2.24) is 0 Å². The molecule has 0 amide bonds. The van der Waals surface area contributed by atoms with Gasteiger partial charge in [0, 0.05) is 0 Å². The Morgan fingerprint density at radius 3 is 2.80 bits per heavy atom. The Hall–Kier alpha value is -1.42. The third-order valence-electron chi connectivity index (χ3n) is 2.92. The van der Waals surface area contributed by atoms with E-state index in [1.165, 1.54) is 0 Å². The van der Waals surface area contributed by atoms with E-state index in [0.717, 1.165) is 18.4 Å². The fraction of sp³-hybridized carbons (Fsp3) is 0.455. The lowest BCUT2D eigenvalue weighted by molar-refractivity contribution is 0.150. The first-order valence-corrected chi connectivity index (χ1v) is 4.93. The molecule has 4 heteroatoms. The second-order valence-electron chi connectivity index (χ2n) is 3.94. The maximum atomic E-state index is 10.00. The standard InChI is InChI=1S/C11H12O4/c1-13-8-4-7(11(12)2-3-11)5-9-10(8)15-6-14-9/h4-5,12H,2-3,6H2,1H3. The predicted molar refractivity (Wildman–Crippen MR) is 52.2 cm³/mol. The van der Waals surface area contributed by atoms with Crippen LogP contribution < -0.4 is 14.2 Å². The minimum Gasteiger partial charge on any atom is -0.493 e. The summed E-state index contributed by atoms with van der Waals surface area (Å²) in [4.78, 5) is 0. The third-order valence-corrected chi connectivity index (χ3v) is 2.92. The molecule has 15 heavy (non-hydrogen) atoms. The quantitative estimate of drug-likeness (QED) is 0.798. The average Bonchev–Trinajstić information content (AvgIpc) is 2.82. The summed E-state index contributed by atoms with van der Waals surface area (Å²) in [5, 5.41) is 10.00. The molecular weight excluding hydrogens is 196 g/mol. The lowest BCUT2D eigenvalue weighted by Crippen LogP contribution is -2.04. The number of fused-ring (bicyclic) bond motifs is 1. The van der Waals surface area contributed by atoms with Gasteiger partial charge in [0.25, 0.3) is 0 Å². The molecule has 0 bridgehead atoms. The molecule has 0 aromatic heterocycles. The zero-order valence-corrected chi connectivity index (χ0v) is 8.45. The van der Waals surface area contributed by atoms with Crippen molar-refractivity contribution in [2.75, 3.05) is 13.9 Å². The lowest BCUT2D eigenvalue weighted by Gasteiger charge is -2.11. The summed E-state index contributed by atoms with van der Waals surface area (Å²) in [7, 11) is 1.58. The van der Waals surface area contributed by atoms with Gasteiger partial charge in [0.2, 0.25) is 12.5 Å². The Bertz CT molecular complexity index is 409. The summed E-state index contributed by atoms with van der Waals surface area (Å²) in [5.74, 6) is 1.91. The Labute approximate surface area is 87.4 Å². The number of benzene rings is 1. The minimum atomic E-state index is -0.672. The van der Waals surface area contributed by atoms with Gasteiger partial charge in [0.05, 0.1) is 12.7 Å². The maximum Gasteiger partial charge on any atom is 0.231 e. The highest BCUT2D eigenvalue weighted by Crippen LogP contribution is 2.51. The molecule has 0 unspecified atom stereocenters. The molecular formula is C11H12O4. The number of ether oxygens (including phenoxy) is 3. The predicted octanol–water partition coefficient (Wildman–Crippen LogP) is 1.41. The van der Waals surface area contributed by atoms with E-state index in [0.29, 0.717) is 17.2 Å². The van der Waals surface area contributed by atoms with E-state index in [4.69, 9.17) is 14.2 Å². The minimum absolute atomic E-state index is 0.216. The van der Waals surface area contributed by atoms with Crippen LogP contribution in [0.1, 0.15) is 18.4 Å². The van der Waals surface area contributed by atoms with Crippen LogP contribution >= 0.6 is 0 Å². The summed E-state index contributed by atoms with van der Waals surface area (Å²) in [6.45, 7) is 0.216. The van der Waals surface area contributed by atoms with E-state index < -0.39 is 5.60 Å². The van der Waals surface area contributed by atoms with E-state index in [-0.39, 0.29) is 6.79 Å². The molecule has 0 radical (unpaired) electrons. The normalized spacial score (nSPS) is 20.1. The summed E-state index contributed by atoms with van der Waals surface area (Å²) in [6.07, 6.45) is 1.60. The molecule has 80 valence electrons. The summed E-state index contributed by atoms with van der Waals surface area (Å²) in [6, 6.07) is 3.65. The average molecular weight is 208 g/mol. The van der Waals surface area contributed by atoms with Gasteiger partial charge < -0.3 is 19.3 Å². The van der Waals surface area contributed by atoms with Gasteiger partial charge >= 0.3 is 0 Å². The van der Waals surface area contributed by atoms with E-state index in [1.54, 1.807) is 7.11 Å². The number of hydrogen-bond donors (Lipinski definition) is 1. The number of rotatable bonds is 2. The zero-order chi connectivity index (χ0) is 10.5. The first-order valence-electron chi connectivity index (χ1n) is 4.93. The second kappa shape index (κ2) is 2.79. The fourth-order valence-electron chi connectivity index (χ4n) is 1.81. The summed E-state index contributed by atoms with van der Waals surface area (Å²) in [5.41, 5.74) is 0.178. The molecule has 1 aliphatic heterocycles. The summed E-state index contributed by atoms with van der Waals surface area (Å²) >= 11 is 0. The Morgan fingerprint density at radius 1 is 1.33 bits per heavy atom. The molecule has 4 nitrogen and oxygen atoms in total. The topological polar surface area (TPSA) is 47.9 Å². The third kappa shape index (κ3) is 1.25. The van der Waals surface area contributed by atoms with Crippen LogP contribution in [0.25, 0.3) is 0 Å². The van der Waals surface area contributed by atoms with Crippen LogP contribution in [0.15, 0.2) is 12.1 Å². The molecule has 0 atom stereocenters. The maximum absolute atomic E-state index is 10.00. The van der Waals surface area contributed by atoms with E-state index in [9.17, 15) is 5.11 Å². The number of methoxy groups -OCH3 is 1. The van der Waals surface area contributed by atoms with E-state index >= 15 is 0 Å². The van der Waals surface area contributed by atoms with Crippen molar-refractivity contribution in [3.8, 4) is 17.2 Å². The molecule has 3 rings (SSSR count). The van der Waals surface area contributed by atoms with E-state index in [1.807, 2.05) is 12.1 Å². The van der Waals surface area contributed by atoms with Crippen LogP contribution in [-0.4, -0.2) is 19.0 Å². The molecule has 1 aromatic carbocycles. The van der Waals surface area contributed by atoms with Gasteiger partial charge in [-0.2, -0.15) is 0 Å². The van der Waals surface area contributed by atoms with Crippen LogP contribution in [0.2, 0.25) is 0 Å². The Balaban J connectivity index is 2.11. The highest BCUT2D eigenvalue weighted by molar-refractivity contribution is 5.56. The van der Waals surface area contributed by atoms with Crippen LogP contribution in [0, 0.1) is 0 Å². The lowest BCUT2D eigenvalue weighted by atomic mass is 10.1. The molecule has 2 aliphatic rings. The SMILES string of the molecule is COc1cc(C2(O)CC2)cc2c1OCO2. The monoisotopic (exact) mass is 208 g/mol. The Kier molecular flexibility index (Phi) is 1.65. The van der Waals surface area contributed by atoms with Crippen molar-refractivity contribution in [2.45, 2.75) is 18.4 Å². The smallest absolute Gasteiger partial charge is 0.231 e. The highest BCUT2D eigenvalue weighted by atomic mass is 16.7. The van der Waals surface area contributed by atoms with Crippen LogP contribution in [0.3, 0.4) is 0 Å². The van der Waals surface area contributed by atoms with Crippen molar-refractivity contribution in [1.29, 1.82) is 0 Å². The van der Waals surface area contributed by atoms with Crippen molar-refractivity contribution in [3.63, 3.8) is 0 Å². The molecule has 1 fully saturated rings. The summed E-state index contributed by atoms with van der Waals surface area (Å²) < 4.78 is 15.8. The van der Waals surface area contributed by atoms with Crippen molar-refractivity contribution in [2.24, 2.45) is 0 Å². The molecule has 0 saturated heterocycles. The molecule has 1 aromatic rings. The van der Waals surface area contributed by atoms with Gasteiger partial charge in [-0.15, -0.1) is 0 Å². The van der Waals surface area contributed by atoms with Crippen molar-refractivity contribution >= 4 is 0 Å². The van der Waals surface area contributed by atoms with Crippen LogP contribution in [-0.2, 0) is 5.60 Å². The van der Waals surface area contributed by atoms with Crippen LogP contribution in [0.4, 0.5) is 0 Å². The van der Waals surface area contributed by atoms with Gasteiger partial charge in [-0.25, -0.2) is 0 Å². The molecule has 0 spiro atoms. The number of aliphatic hydroxyl groups is 1. The Morgan fingerprint density at radius 2 is 2.13 bits per heavy atom. The largest absolute Gasteiger partial charge is 0.493 e. The molecule has 1 saturated carbocycles. The molecule has 1 heterocycles. The van der Waals surface area contributed by atoms with Crippen molar-refractivity contribution in [3.05, 3.63) is 17.7 Å². The fourth-order valence-corrected chi connectivity index (χ4v) is 1.81. The first-order chi connectivity index (χ1) is 7.23. The molecule has 1 aliphatic carbocycles. The van der Waals surface area contributed by atoms with Crippen LogP contribution in [0.5, 0.6) is 17.2 Å². The van der Waals surface area contributed by atoms with E-state index in [2.05, 4.69) is 0 Å². The number of hydrogen-bond acceptors (Lipinski definition) is 4. The van der Waals surface area contributed by atoms with Gasteiger partial charge in [0.1, 0.15) is 0 Å². The second-order valence-corrected chi connectivity index (χ2v) is 3.94. The van der Waals surface area contributed by atoms with Gasteiger partial charge in [-0.05, 0) is 30.5 Å².